The molecule has 0 spiro atoms. The molecule has 0 aromatic carbocycles. The van der Waals surface area contributed by atoms with Crippen molar-refractivity contribution in [3.05, 3.63) is 16.2 Å². The first-order chi connectivity index (χ1) is 7.97. The van der Waals surface area contributed by atoms with Crippen molar-refractivity contribution >= 4 is 17.1 Å². The van der Waals surface area contributed by atoms with E-state index in [-0.39, 0.29) is 17.5 Å². The first kappa shape index (κ1) is 11.6. The Labute approximate surface area is 97.6 Å². The maximum atomic E-state index is 11.6. The van der Waals surface area contributed by atoms with Crippen LogP contribution in [0, 0.1) is 5.92 Å². The topological polar surface area (TPSA) is 126 Å². The van der Waals surface area contributed by atoms with E-state index in [1.165, 1.54) is 0 Å². The molecule has 6 N–H and O–H groups in total. The molecule has 0 fully saturated rings. The Morgan fingerprint density at radius 1 is 1.29 bits per heavy atom. The van der Waals surface area contributed by atoms with Crippen molar-refractivity contribution in [1.82, 2.24) is 19.9 Å². The van der Waals surface area contributed by atoms with E-state index in [1.807, 2.05) is 13.8 Å². The van der Waals surface area contributed by atoms with Crippen molar-refractivity contribution in [2.45, 2.75) is 26.3 Å². The largest absolute Gasteiger partial charge is 0.369 e. The average Bonchev–Trinajstić information content (AvgIpc) is 2.60. The van der Waals surface area contributed by atoms with E-state index in [9.17, 15) is 4.79 Å². The molecule has 1 unspecified atom stereocenters. The number of anilines is 1. The van der Waals surface area contributed by atoms with E-state index < -0.39 is 0 Å². The van der Waals surface area contributed by atoms with Gasteiger partial charge in [0.1, 0.15) is 5.82 Å². The predicted molar refractivity (Wildman–Crippen MR) is 65.4 cm³/mol. The molecule has 7 nitrogen and oxygen atoms in total. The summed E-state index contributed by atoms with van der Waals surface area (Å²) in [7, 11) is 0. The quantitative estimate of drug-likeness (QED) is 0.584. The van der Waals surface area contributed by atoms with Crippen molar-refractivity contribution in [1.29, 1.82) is 0 Å². The van der Waals surface area contributed by atoms with Crippen LogP contribution in [0.3, 0.4) is 0 Å². The van der Waals surface area contributed by atoms with Gasteiger partial charge in [-0.25, -0.2) is 4.98 Å². The van der Waals surface area contributed by atoms with Crippen LogP contribution in [-0.2, 0) is 6.42 Å². The van der Waals surface area contributed by atoms with Gasteiger partial charge in [-0.15, -0.1) is 0 Å². The minimum absolute atomic E-state index is 0.00742. The summed E-state index contributed by atoms with van der Waals surface area (Å²) in [6.45, 7) is 4.08. The van der Waals surface area contributed by atoms with Gasteiger partial charge in [0.15, 0.2) is 11.2 Å². The smallest absolute Gasteiger partial charge is 0.278 e. The van der Waals surface area contributed by atoms with E-state index in [0.717, 1.165) is 0 Å². The van der Waals surface area contributed by atoms with Crippen LogP contribution in [-0.4, -0.2) is 26.0 Å². The van der Waals surface area contributed by atoms with Crippen LogP contribution in [0.1, 0.15) is 19.7 Å². The lowest BCUT2D eigenvalue weighted by molar-refractivity contribution is 0.483. The minimum Gasteiger partial charge on any atom is -0.369 e. The molecule has 0 bridgehead atoms. The van der Waals surface area contributed by atoms with Gasteiger partial charge < -0.3 is 16.5 Å². The second-order valence-corrected chi connectivity index (χ2v) is 4.45. The number of aromatic amines is 2. The number of nitrogens with one attached hydrogen (secondary N) is 2. The second kappa shape index (κ2) is 4.17. The van der Waals surface area contributed by atoms with Gasteiger partial charge in [0.2, 0.25) is 5.95 Å². The van der Waals surface area contributed by atoms with E-state index >= 15 is 0 Å². The lowest BCUT2D eigenvalue weighted by Crippen LogP contribution is -2.29. The van der Waals surface area contributed by atoms with Gasteiger partial charge in [-0.1, -0.05) is 13.8 Å². The fourth-order valence-electron chi connectivity index (χ4n) is 1.53. The standard InChI is InChI=1S/C10H16N6O/c1-4(2)5(11)3-6-13-7-8(14-6)15-10(12)16-9(7)17/h4-5H,3,11H2,1-2H3,(H4,12,13,14,15,16,17). The van der Waals surface area contributed by atoms with Crippen molar-refractivity contribution in [3.63, 3.8) is 0 Å². The normalized spacial score (nSPS) is 13.4. The van der Waals surface area contributed by atoms with Gasteiger partial charge in [-0.05, 0) is 5.92 Å². The molecule has 2 rings (SSSR count). The Kier molecular flexibility index (Phi) is 2.84. The number of nitrogens with zero attached hydrogens (tertiary/aromatic N) is 2. The minimum atomic E-state index is -0.315. The molecule has 2 heterocycles. The van der Waals surface area contributed by atoms with Crippen molar-refractivity contribution in [3.8, 4) is 0 Å². The van der Waals surface area contributed by atoms with Crippen molar-refractivity contribution in [2.24, 2.45) is 11.7 Å². The third-order valence-electron chi connectivity index (χ3n) is 2.71. The number of imidazole rings is 1. The van der Waals surface area contributed by atoms with Gasteiger partial charge in [-0.3, -0.25) is 9.78 Å². The molecular weight excluding hydrogens is 220 g/mol. The van der Waals surface area contributed by atoms with E-state index in [1.54, 1.807) is 0 Å². The van der Waals surface area contributed by atoms with Crippen LogP contribution in [0.2, 0.25) is 0 Å². The third kappa shape index (κ3) is 2.28. The number of H-pyrrole nitrogens is 2. The monoisotopic (exact) mass is 236 g/mol. The number of nitrogen functional groups attached to an aromatic ring is 1. The fourth-order valence-corrected chi connectivity index (χ4v) is 1.53. The molecule has 0 aliphatic heterocycles. The van der Waals surface area contributed by atoms with Crippen LogP contribution >= 0.6 is 0 Å². The van der Waals surface area contributed by atoms with Gasteiger partial charge in [0.05, 0.1) is 0 Å². The average molecular weight is 236 g/mol. The zero-order valence-corrected chi connectivity index (χ0v) is 9.82. The van der Waals surface area contributed by atoms with Gasteiger partial charge in [-0.2, -0.15) is 4.98 Å². The summed E-state index contributed by atoms with van der Waals surface area (Å²) in [6.07, 6.45) is 0.577. The van der Waals surface area contributed by atoms with E-state index in [2.05, 4.69) is 19.9 Å². The summed E-state index contributed by atoms with van der Waals surface area (Å²) in [5.74, 6) is 1.07. The number of aromatic nitrogens is 4. The molecule has 7 heteroatoms. The fraction of sp³-hybridized carbons (Fsp3) is 0.500. The molecule has 1 atom stereocenters. The molecule has 0 aliphatic carbocycles. The van der Waals surface area contributed by atoms with Crippen LogP contribution in [0.25, 0.3) is 11.2 Å². The Morgan fingerprint density at radius 2 is 2.00 bits per heavy atom. The number of nitrogens with two attached hydrogens (primary N) is 2. The molecule has 0 amide bonds. The van der Waals surface area contributed by atoms with Gasteiger partial charge in [0.25, 0.3) is 5.56 Å². The zero-order valence-electron chi connectivity index (χ0n) is 9.82. The number of hydrogen-bond donors (Lipinski definition) is 4. The van der Waals surface area contributed by atoms with Gasteiger partial charge >= 0.3 is 0 Å². The first-order valence-corrected chi connectivity index (χ1v) is 5.47. The van der Waals surface area contributed by atoms with Crippen molar-refractivity contribution < 1.29 is 0 Å². The lowest BCUT2D eigenvalue weighted by atomic mass is 10.0. The molecular formula is C10H16N6O. The summed E-state index contributed by atoms with van der Waals surface area (Å²) >= 11 is 0. The van der Waals surface area contributed by atoms with Crippen LogP contribution in [0.15, 0.2) is 4.79 Å². The SMILES string of the molecule is CC(C)C(N)Cc1nc2nc(N)[nH]c(=O)c2[nH]1. The molecule has 17 heavy (non-hydrogen) atoms. The second-order valence-electron chi connectivity index (χ2n) is 4.45. The predicted octanol–water partition coefficient (Wildman–Crippen LogP) is -0.246. The molecule has 0 saturated carbocycles. The van der Waals surface area contributed by atoms with Gasteiger partial charge in [0, 0.05) is 12.5 Å². The molecule has 0 radical (unpaired) electrons. The maximum Gasteiger partial charge on any atom is 0.278 e. The Hall–Kier alpha value is -1.89. The van der Waals surface area contributed by atoms with Crippen LogP contribution < -0.4 is 17.0 Å². The first-order valence-electron chi connectivity index (χ1n) is 5.47. The van der Waals surface area contributed by atoms with Crippen LogP contribution in [0.4, 0.5) is 5.95 Å². The maximum absolute atomic E-state index is 11.6. The zero-order chi connectivity index (χ0) is 12.6. The number of fused-ring (bicyclic) bond motifs is 1. The number of rotatable bonds is 3. The summed E-state index contributed by atoms with van der Waals surface area (Å²) in [6, 6.07) is -0.00742. The Morgan fingerprint density at radius 3 is 2.65 bits per heavy atom. The summed E-state index contributed by atoms with van der Waals surface area (Å²) in [5.41, 5.74) is 11.7. The van der Waals surface area contributed by atoms with E-state index in [4.69, 9.17) is 11.5 Å². The molecule has 2 aromatic heterocycles. The highest BCUT2D eigenvalue weighted by molar-refractivity contribution is 5.70. The highest BCUT2D eigenvalue weighted by atomic mass is 16.1. The Balaban J connectivity index is 2.38. The summed E-state index contributed by atoms with van der Waals surface area (Å²) in [5, 5.41) is 0. The summed E-state index contributed by atoms with van der Waals surface area (Å²) < 4.78 is 0. The highest BCUT2D eigenvalue weighted by Crippen LogP contribution is 2.09. The third-order valence-corrected chi connectivity index (χ3v) is 2.71. The molecule has 0 saturated heterocycles. The summed E-state index contributed by atoms with van der Waals surface area (Å²) in [4.78, 5) is 25.0. The molecule has 0 aliphatic rings. The highest BCUT2D eigenvalue weighted by Gasteiger charge is 2.13. The number of hydrogen-bond acceptors (Lipinski definition) is 5. The molecule has 92 valence electrons. The lowest BCUT2D eigenvalue weighted by Gasteiger charge is -2.13. The van der Waals surface area contributed by atoms with Crippen LogP contribution in [0.5, 0.6) is 0 Å². The Bertz CT molecular complexity index is 584. The van der Waals surface area contributed by atoms with Crippen molar-refractivity contribution in [2.75, 3.05) is 5.73 Å². The van der Waals surface area contributed by atoms with E-state index in [0.29, 0.717) is 29.3 Å². The molecule has 2 aromatic rings.